The van der Waals surface area contributed by atoms with Crippen LogP contribution in [0.4, 0.5) is 0 Å². The smallest absolute Gasteiger partial charge is 0.237 e. The summed E-state index contributed by atoms with van der Waals surface area (Å²) in [6, 6.07) is 8.75. The lowest BCUT2D eigenvalue weighted by molar-refractivity contribution is -0.126. The van der Waals surface area contributed by atoms with Crippen LogP contribution in [0.15, 0.2) is 24.3 Å². The summed E-state index contributed by atoms with van der Waals surface area (Å²) in [5, 5.41) is 4.36. The van der Waals surface area contributed by atoms with Crippen molar-refractivity contribution in [1.29, 1.82) is 0 Å². The molecule has 5 heteroatoms. The molecule has 1 N–H and O–H groups in total. The van der Waals surface area contributed by atoms with Crippen LogP contribution in [-0.4, -0.2) is 41.0 Å². The third kappa shape index (κ3) is 3.26. The lowest BCUT2D eigenvalue weighted by atomic mass is 9.97. The van der Waals surface area contributed by atoms with Crippen molar-refractivity contribution in [2.75, 3.05) is 13.1 Å². The van der Waals surface area contributed by atoms with E-state index in [1.54, 1.807) is 0 Å². The van der Waals surface area contributed by atoms with Crippen molar-refractivity contribution in [3.05, 3.63) is 29.3 Å². The van der Waals surface area contributed by atoms with Crippen LogP contribution >= 0.6 is 11.3 Å². The van der Waals surface area contributed by atoms with E-state index in [0.717, 1.165) is 37.9 Å². The summed E-state index contributed by atoms with van der Waals surface area (Å²) in [5.41, 5.74) is 1.10. The second-order valence-corrected chi connectivity index (χ2v) is 7.87. The summed E-state index contributed by atoms with van der Waals surface area (Å²) in [5.74, 6) is 0.648. The van der Waals surface area contributed by atoms with Crippen LogP contribution in [0.1, 0.15) is 43.5 Å². The zero-order valence-electron chi connectivity index (χ0n) is 13.5. The number of nitrogens with zero attached hydrogens (tertiary/aromatic N) is 2. The predicted octanol–water partition coefficient (Wildman–Crippen LogP) is 3.14. The van der Waals surface area contributed by atoms with E-state index in [1.165, 1.54) is 16.1 Å². The van der Waals surface area contributed by atoms with Crippen molar-refractivity contribution in [2.24, 2.45) is 0 Å². The van der Waals surface area contributed by atoms with Gasteiger partial charge in [-0.05, 0) is 51.3 Å². The quantitative estimate of drug-likeness (QED) is 0.937. The van der Waals surface area contributed by atoms with Gasteiger partial charge in [0.2, 0.25) is 5.91 Å². The summed E-state index contributed by atoms with van der Waals surface area (Å²) in [6.45, 7) is 4.00. The topological polar surface area (TPSA) is 45.2 Å². The van der Waals surface area contributed by atoms with Gasteiger partial charge in [-0.15, -0.1) is 11.3 Å². The van der Waals surface area contributed by atoms with Crippen LogP contribution in [0, 0.1) is 0 Å². The maximum atomic E-state index is 12.3. The van der Waals surface area contributed by atoms with Gasteiger partial charge in [0.25, 0.3) is 0 Å². The average molecular weight is 329 g/mol. The minimum atomic E-state index is -0.0345. The number of hydrogen-bond acceptors (Lipinski definition) is 4. The Morgan fingerprint density at radius 1 is 1.35 bits per heavy atom. The maximum Gasteiger partial charge on any atom is 0.237 e. The highest BCUT2D eigenvalue weighted by atomic mass is 32.1. The molecule has 2 fully saturated rings. The minimum Gasteiger partial charge on any atom is -0.352 e. The summed E-state index contributed by atoms with van der Waals surface area (Å²) < 4.78 is 1.26. The molecule has 4 rings (SSSR count). The van der Waals surface area contributed by atoms with E-state index >= 15 is 0 Å². The largest absolute Gasteiger partial charge is 0.352 e. The molecule has 2 aromatic rings. The lowest BCUT2D eigenvalue weighted by Gasteiger charge is -2.35. The summed E-state index contributed by atoms with van der Waals surface area (Å²) in [6.07, 6.45) is 4.61. The van der Waals surface area contributed by atoms with E-state index in [0.29, 0.717) is 12.0 Å². The fourth-order valence-electron chi connectivity index (χ4n) is 3.34. The molecule has 1 aliphatic heterocycles. The van der Waals surface area contributed by atoms with Crippen LogP contribution in [0.5, 0.6) is 0 Å². The third-order valence-corrected chi connectivity index (χ3v) is 6.16. The van der Waals surface area contributed by atoms with Gasteiger partial charge in [-0.3, -0.25) is 9.69 Å². The van der Waals surface area contributed by atoms with E-state index in [-0.39, 0.29) is 11.9 Å². The van der Waals surface area contributed by atoms with E-state index < -0.39 is 0 Å². The summed E-state index contributed by atoms with van der Waals surface area (Å²) in [4.78, 5) is 19.5. The summed E-state index contributed by atoms with van der Waals surface area (Å²) >= 11 is 1.81. The Balaban J connectivity index is 1.46. The van der Waals surface area contributed by atoms with Crippen LogP contribution in [0.25, 0.3) is 10.2 Å². The second-order valence-electron chi connectivity index (χ2n) is 6.81. The first-order valence-electron chi connectivity index (χ1n) is 8.60. The van der Waals surface area contributed by atoms with Gasteiger partial charge in [0.15, 0.2) is 0 Å². The SMILES string of the molecule is C[C@H](C(=O)NC1CC1)N1CCC[C@H](c2nc3ccccc3s2)C1. The van der Waals surface area contributed by atoms with E-state index in [2.05, 4.69) is 28.4 Å². The van der Waals surface area contributed by atoms with Gasteiger partial charge in [-0.1, -0.05) is 12.1 Å². The fraction of sp³-hybridized carbons (Fsp3) is 0.556. The van der Waals surface area contributed by atoms with Crippen molar-refractivity contribution in [2.45, 2.75) is 50.6 Å². The number of aromatic nitrogens is 1. The Morgan fingerprint density at radius 2 is 2.17 bits per heavy atom. The van der Waals surface area contributed by atoms with Crippen molar-refractivity contribution in [1.82, 2.24) is 15.2 Å². The molecule has 1 saturated heterocycles. The van der Waals surface area contributed by atoms with Crippen molar-refractivity contribution >= 4 is 27.5 Å². The highest BCUT2D eigenvalue weighted by Gasteiger charge is 2.32. The number of rotatable bonds is 4. The van der Waals surface area contributed by atoms with Crippen molar-refractivity contribution < 1.29 is 4.79 Å². The maximum absolute atomic E-state index is 12.3. The molecule has 1 saturated carbocycles. The number of piperidine rings is 1. The number of thiazole rings is 1. The van der Waals surface area contributed by atoms with Gasteiger partial charge in [-0.2, -0.15) is 0 Å². The Kier molecular flexibility index (Phi) is 4.07. The van der Waals surface area contributed by atoms with Crippen LogP contribution in [0.3, 0.4) is 0 Å². The second kappa shape index (κ2) is 6.21. The lowest BCUT2D eigenvalue weighted by Crippen LogP contribution is -2.49. The predicted molar refractivity (Wildman–Crippen MR) is 93.8 cm³/mol. The third-order valence-electron chi connectivity index (χ3n) is 4.96. The minimum absolute atomic E-state index is 0.0345. The van der Waals surface area contributed by atoms with E-state index in [4.69, 9.17) is 4.98 Å². The monoisotopic (exact) mass is 329 g/mol. The average Bonchev–Trinajstić information content (AvgIpc) is 3.28. The molecule has 2 aliphatic rings. The highest BCUT2D eigenvalue weighted by Crippen LogP contribution is 2.33. The molecule has 1 aliphatic carbocycles. The number of carbonyl (C=O) groups excluding carboxylic acids is 1. The number of para-hydroxylation sites is 1. The molecule has 0 spiro atoms. The number of hydrogen-bond donors (Lipinski definition) is 1. The Bertz CT molecular complexity index is 676. The number of fused-ring (bicyclic) bond motifs is 1. The van der Waals surface area contributed by atoms with Crippen molar-refractivity contribution in [3.8, 4) is 0 Å². The highest BCUT2D eigenvalue weighted by molar-refractivity contribution is 7.18. The Hall–Kier alpha value is -1.46. The number of amides is 1. The molecule has 1 amide bonds. The first-order valence-corrected chi connectivity index (χ1v) is 9.42. The first-order chi connectivity index (χ1) is 11.2. The summed E-state index contributed by atoms with van der Waals surface area (Å²) in [7, 11) is 0. The van der Waals surface area contributed by atoms with Crippen LogP contribution in [0.2, 0.25) is 0 Å². The molecule has 0 radical (unpaired) electrons. The van der Waals surface area contributed by atoms with Gasteiger partial charge in [0.1, 0.15) is 0 Å². The molecule has 1 aromatic carbocycles. The number of nitrogens with one attached hydrogen (secondary N) is 1. The molecule has 4 nitrogen and oxygen atoms in total. The number of likely N-dealkylation sites (tertiary alicyclic amines) is 1. The standard InChI is InChI=1S/C18H23N3OS/c1-12(17(22)19-14-8-9-14)21-10-4-5-13(11-21)18-20-15-6-2-3-7-16(15)23-18/h2-3,6-7,12-14H,4-5,8-11H2,1H3,(H,19,22)/t12-,13+/m1/s1. The molecule has 0 bridgehead atoms. The zero-order valence-corrected chi connectivity index (χ0v) is 14.3. The molecule has 1 aromatic heterocycles. The number of carbonyl (C=O) groups is 1. The van der Waals surface area contributed by atoms with Crippen molar-refractivity contribution in [3.63, 3.8) is 0 Å². The molecule has 2 atom stereocenters. The number of benzene rings is 1. The van der Waals surface area contributed by atoms with Gasteiger partial charge in [-0.25, -0.2) is 4.98 Å². The van der Waals surface area contributed by atoms with E-state index in [1.807, 2.05) is 24.3 Å². The van der Waals surface area contributed by atoms with Gasteiger partial charge < -0.3 is 5.32 Å². The molecular weight excluding hydrogens is 306 g/mol. The first kappa shape index (κ1) is 15.1. The fourth-order valence-corrected chi connectivity index (χ4v) is 4.43. The van der Waals surface area contributed by atoms with Gasteiger partial charge in [0.05, 0.1) is 21.3 Å². The Morgan fingerprint density at radius 3 is 2.96 bits per heavy atom. The normalized spacial score (nSPS) is 23.8. The van der Waals surface area contributed by atoms with Crippen LogP contribution in [-0.2, 0) is 4.79 Å². The zero-order chi connectivity index (χ0) is 15.8. The van der Waals surface area contributed by atoms with Gasteiger partial charge in [0, 0.05) is 18.5 Å². The Labute approximate surface area is 140 Å². The molecular formula is C18H23N3OS. The molecule has 122 valence electrons. The van der Waals surface area contributed by atoms with Crippen LogP contribution < -0.4 is 5.32 Å². The van der Waals surface area contributed by atoms with E-state index in [9.17, 15) is 4.79 Å². The molecule has 23 heavy (non-hydrogen) atoms. The van der Waals surface area contributed by atoms with Gasteiger partial charge >= 0.3 is 0 Å². The molecule has 2 heterocycles. The molecule has 0 unspecified atom stereocenters.